The van der Waals surface area contributed by atoms with E-state index in [9.17, 15) is 23.1 Å². The van der Waals surface area contributed by atoms with Crippen molar-refractivity contribution in [2.75, 3.05) is 53.5 Å². The molecule has 36 heavy (non-hydrogen) atoms. The Bertz CT molecular complexity index is 1270. The molecule has 4 rings (SSSR count). The lowest BCUT2D eigenvalue weighted by atomic mass is 9.95. The molecule has 0 bridgehead atoms. The van der Waals surface area contributed by atoms with E-state index in [1.54, 1.807) is 12.1 Å². The number of likely N-dealkylation sites (tertiary alicyclic amines) is 1. The van der Waals surface area contributed by atoms with E-state index in [2.05, 4.69) is 15.9 Å². The number of ether oxygens (including phenoxy) is 1. The summed E-state index contributed by atoms with van der Waals surface area (Å²) < 4.78 is 33.3. The average molecular weight is 579 g/mol. The molecular weight excluding hydrogens is 550 g/mol. The van der Waals surface area contributed by atoms with Crippen LogP contribution in [0.5, 0.6) is 0 Å². The first-order chi connectivity index (χ1) is 17.1. The summed E-state index contributed by atoms with van der Waals surface area (Å²) in [6.07, 6.45) is 0. The number of nitrogens with zero attached hydrogens (tertiary/aromatic N) is 2. The number of hydrogen-bond acceptors (Lipinski definition) is 6. The van der Waals surface area contributed by atoms with Gasteiger partial charge in [-0.05, 0) is 42.0 Å². The Hall–Kier alpha value is -2.57. The number of halogens is 1. The van der Waals surface area contributed by atoms with Crippen molar-refractivity contribution in [1.82, 2.24) is 9.21 Å². The predicted molar refractivity (Wildman–Crippen MR) is 137 cm³/mol. The van der Waals surface area contributed by atoms with Gasteiger partial charge in [0.15, 0.2) is 0 Å². The summed E-state index contributed by atoms with van der Waals surface area (Å²) >= 11 is 3.40. The van der Waals surface area contributed by atoms with Crippen molar-refractivity contribution < 1.29 is 32.8 Å². The monoisotopic (exact) mass is 578 g/mol. The van der Waals surface area contributed by atoms with Gasteiger partial charge in [-0.3, -0.25) is 9.59 Å². The summed E-state index contributed by atoms with van der Waals surface area (Å²) in [6.45, 7) is 2.17. The molecule has 0 unspecified atom stereocenters. The number of Topliss-reactive ketones (excluding diaryl/α,β-unsaturated/α-hetero) is 1. The van der Waals surface area contributed by atoms with Crippen molar-refractivity contribution in [3.63, 3.8) is 0 Å². The number of aliphatic hydroxyl groups excluding tert-OH is 1. The van der Waals surface area contributed by atoms with Gasteiger partial charge in [-0.2, -0.15) is 4.31 Å². The number of likely N-dealkylation sites (N-methyl/N-ethyl adjacent to an activating group) is 1. The molecule has 0 spiro atoms. The normalized spacial score (nSPS) is 20.9. The fourth-order valence-electron chi connectivity index (χ4n) is 4.32. The highest BCUT2D eigenvalue weighted by molar-refractivity contribution is 9.10. The first kappa shape index (κ1) is 26.5. The first-order valence-corrected chi connectivity index (χ1v) is 13.9. The zero-order valence-corrected chi connectivity index (χ0v) is 22.5. The lowest BCUT2D eigenvalue weighted by Gasteiger charge is -2.26. The second-order valence-electron chi connectivity index (χ2n) is 9.04. The van der Waals surface area contributed by atoms with E-state index < -0.39 is 27.8 Å². The Morgan fingerprint density at radius 1 is 1.06 bits per heavy atom. The van der Waals surface area contributed by atoms with Crippen molar-refractivity contribution in [3.8, 4) is 0 Å². The third-order valence-electron chi connectivity index (χ3n) is 6.31. The van der Waals surface area contributed by atoms with Crippen molar-refractivity contribution in [2.24, 2.45) is 0 Å². The summed E-state index contributed by atoms with van der Waals surface area (Å²) in [7, 11) is 0.207. The molecule has 2 heterocycles. The Kier molecular flexibility index (Phi) is 7.96. The number of nitrogens with one attached hydrogen (secondary N) is 1. The van der Waals surface area contributed by atoms with Crippen molar-refractivity contribution in [3.05, 3.63) is 69.7 Å². The largest absolute Gasteiger partial charge is 0.507 e. The highest BCUT2D eigenvalue weighted by Gasteiger charge is 2.46. The van der Waals surface area contributed by atoms with Gasteiger partial charge in [0.05, 0.1) is 56.9 Å². The van der Waals surface area contributed by atoms with Gasteiger partial charge in [-0.25, -0.2) is 8.42 Å². The Morgan fingerprint density at radius 3 is 2.25 bits per heavy atom. The molecule has 0 radical (unpaired) electrons. The minimum absolute atomic E-state index is 0.0140. The van der Waals surface area contributed by atoms with Crippen LogP contribution >= 0.6 is 15.9 Å². The van der Waals surface area contributed by atoms with Crippen molar-refractivity contribution >= 4 is 43.4 Å². The van der Waals surface area contributed by atoms with Gasteiger partial charge < -0.3 is 19.6 Å². The number of aliphatic hydroxyl groups is 1. The van der Waals surface area contributed by atoms with Gasteiger partial charge in [0.1, 0.15) is 5.76 Å². The molecular formula is C25H29BrN3O6S+. The number of quaternary nitrogens is 1. The van der Waals surface area contributed by atoms with Gasteiger partial charge in [-0.15, -0.1) is 0 Å². The molecule has 2 N–H and O–H groups in total. The highest BCUT2D eigenvalue weighted by Crippen LogP contribution is 2.39. The molecule has 0 aliphatic carbocycles. The number of hydrogen-bond donors (Lipinski definition) is 2. The molecule has 11 heteroatoms. The lowest BCUT2D eigenvalue weighted by molar-refractivity contribution is -0.857. The zero-order chi connectivity index (χ0) is 26.0. The van der Waals surface area contributed by atoms with Crippen LogP contribution in [0.25, 0.3) is 5.76 Å². The van der Waals surface area contributed by atoms with Crippen LogP contribution < -0.4 is 4.90 Å². The van der Waals surface area contributed by atoms with Gasteiger partial charge in [-0.1, -0.05) is 28.1 Å². The van der Waals surface area contributed by atoms with Crippen LogP contribution in [-0.4, -0.2) is 87.9 Å². The van der Waals surface area contributed by atoms with E-state index in [-0.39, 0.29) is 34.9 Å². The van der Waals surface area contributed by atoms with Gasteiger partial charge in [0.25, 0.3) is 11.7 Å². The van der Waals surface area contributed by atoms with Gasteiger partial charge in [0, 0.05) is 23.1 Å². The minimum atomic E-state index is -3.71. The van der Waals surface area contributed by atoms with E-state index in [1.165, 1.54) is 33.5 Å². The fourth-order valence-corrected chi connectivity index (χ4v) is 5.99. The molecule has 9 nitrogen and oxygen atoms in total. The third-order valence-corrected chi connectivity index (χ3v) is 8.76. The van der Waals surface area contributed by atoms with E-state index in [4.69, 9.17) is 4.74 Å². The number of carbonyl (C=O) groups is 2. The Balaban J connectivity index is 1.73. The molecule has 1 atom stereocenters. The van der Waals surface area contributed by atoms with Crippen LogP contribution in [0, 0.1) is 0 Å². The lowest BCUT2D eigenvalue weighted by Crippen LogP contribution is -3.06. The third kappa shape index (κ3) is 5.25. The molecule has 0 aromatic heterocycles. The number of ketones is 1. The maximum atomic E-state index is 13.1. The molecule has 2 aliphatic heterocycles. The van der Waals surface area contributed by atoms with Crippen LogP contribution in [0.2, 0.25) is 0 Å². The molecule has 2 aromatic carbocycles. The predicted octanol–water partition coefficient (Wildman–Crippen LogP) is 1.04. The molecule has 1 amide bonds. The number of carbonyl (C=O) groups excluding carboxylic acids is 2. The SMILES string of the molecule is C[NH+](C)CCN1C(=O)C(=O)C(=C(O)c2ccc(S(=O)(=O)N3CCOCC3)cc2)[C@@H]1c1ccc(Br)cc1. The van der Waals surface area contributed by atoms with Crippen LogP contribution in [0.3, 0.4) is 0 Å². The van der Waals surface area contributed by atoms with Crippen LogP contribution in [0.1, 0.15) is 17.2 Å². The van der Waals surface area contributed by atoms with Crippen LogP contribution in [0.4, 0.5) is 0 Å². The average Bonchev–Trinajstić information content (AvgIpc) is 3.13. The highest BCUT2D eigenvalue weighted by atomic mass is 79.9. The summed E-state index contributed by atoms with van der Waals surface area (Å²) in [6, 6.07) is 12.2. The van der Waals surface area contributed by atoms with E-state index in [0.717, 1.165) is 9.37 Å². The molecule has 192 valence electrons. The van der Waals surface area contributed by atoms with Crippen LogP contribution in [-0.2, 0) is 24.3 Å². The smallest absolute Gasteiger partial charge is 0.295 e. The summed E-state index contributed by atoms with van der Waals surface area (Å²) in [5, 5.41) is 11.2. The van der Waals surface area contributed by atoms with E-state index in [1.807, 2.05) is 26.2 Å². The van der Waals surface area contributed by atoms with E-state index >= 15 is 0 Å². The fraction of sp³-hybridized carbons (Fsp3) is 0.360. The van der Waals surface area contributed by atoms with Gasteiger partial charge >= 0.3 is 0 Å². The Morgan fingerprint density at radius 2 is 1.67 bits per heavy atom. The molecule has 2 saturated heterocycles. The Labute approximate surface area is 219 Å². The van der Waals surface area contributed by atoms with Crippen molar-refractivity contribution in [2.45, 2.75) is 10.9 Å². The number of benzene rings is 2. The summed E-state index contributed by atoms with van der Waals surface area (Å²) in [5.74, 6) is -1.77. The number of morpholine rings is 1. The molecule has 2 fully saturated rings. The summed E-state index contributed by atoms with van der Waals surface area (Å²) in [5.41, 5.74) is 0.938. The van der Waals surface area contributed by atoms with E-state index in [0.29, 0.717) is 31.9 Å². The topological polar surface area (TPSA) is 109 Å². The number of sulfonamides is 1. The molecule has 2 aromatic rings. The van der Waals surface area contributed by atoms with Gasteiger partial charge in [0.2, 0.25) is 10.0 Å². The second kappa shape index (κ2) is 10.8. The minimum Gasteiger partial charge on any atom is -0.507 e. The number of amides is 1. The van der Waals surface area contributed by atoms with Crippen molar-refractivity contribution in [1.29, 1.82) is 0 Å². The van der Waals surface area contributed by atoms with Crippen LogP contribution in [0.15, 0.2) is 63.5 Å². The standard InChI is InChI=1S/C25H28BrN3O6S/c1-27(2)11-12-29-22(17-3-7-19(26)8-4-17)21(24(31)25(29)32)23(30)18-5-9-20(10-6-18)36(33,34)28-13-15-35-16-14-28/h3-10,22,30H,11-16H2,1-2H3/p+1/t22-/m0/s1. The number of rotatable bonds is 7. The maximum absolute atomic E-state index is 13.1. The summed E-state index contributed by atoms with van der Waals surface area (Å²) in [4.78, 5) is 28.8. The first-order valence-electron chi connectivity index (χ1n) is 11.6. The quantitative estimate of drug-likeness (QED) is 0.289. The second-order valence-corrected chi connectivity index (χ2v) is 11.9. The zero-order valence-electron chi connectivity index (χ0n) is 20.1. The molecule has 0 saturated carbocycles. The maximum Gasteiger partial charge on any atom is 0.295 e. The molecule has 2 aliphatic rings.